The molecule has 0 radical (unpaired) electrons. The lowest BCUT2D eigenvalue weighted by Gasteiger charge is -2.17. The predicted molar refractivity (Wildman–Crippen MR) is 84.1 cm³/mol. The molecule has 0 aliphatic carbocycles. The van der Waals surface area contributed by atoms with E-state index in [0.717, 1.165) is 17.7 Å². The van der Waals surface area contributed by atoms with Gasteiger partial charge in [0.1, 0.15) is 17.2 Å². The summed E-state index contributed by atoms with van der Waals surface area (Å²) in [6, 6.07) is 12.3. The molecular formula is C18H16F2N2O2. The Bertz CT molecular complexity index is 745. The first-order chi connectivity index (χ1) is 11.5. The molecule has 0 bridgehead atoms. The highest BCUT2D eigenvalue weighted by Gasteiger charge is 2.31. The number of nitrogens with zero attached hydrogens (tertiary/aromatic N) is 1. The molecule has 0 unspecified atom stereocenters. The largest absolute Gasteiger partial charge is 0.347 e. The van der Waals surface area contributed by atoms with Crippen molar-refractivity contribution in [2.75, 3.05) is 6.54 Å². The molecule has 24 heavy (non-hydrogen) atoms. The van der Waals surface area contributed by atoms with E-state index in [4.69, 9.17) is 0 Å². The zero-order chi connectivity index (χ0) is 17.1. The summed E-state index contributed by atoms with van der Waals surface area (Å²) in [6.07, 6.45) is 0.120. The van der Waals surface area contributed by atoms with Crippen molar-refractivity contribution in [3.05, 3.63) is 71.3 Å². The predicted octanol–water partition coefficient (Wildman–Crippen LogP) is 2.50. The smallest absolute Gasteiger partial charge is 0.257 e. The molecule has 4 nitrogen and oxygen atoms in total. The van der Waals surface area contributed by atoms with Gasteiger partial charge in [0, 0.05) is 19.5 Å². The molecule has 124 valence electrons. The van der Waals surface area contributed by atoms with Gasteiger partial charge in [0.15, 0.2) is 0 Å². The molecule has 6 heteroatoms. The highest BCUT2D eigenvalue weighted by molar-refractivity contribution is 5.95. The van der Waals surface area contributed by atoms with Crippen LogP contribution in [-0.4, -0.2) is 29.3 Å². The molecule has 1 N–H and O–H groups in total. The second-order valence-corrected chi connectivity index (χ2v) is 5.73. The number of carbonyl (C=O) groups excluding carboxylic acids is 2. The van der Waals surface area contributed by atoms with E-state index < -0.39 is 29.1 Å². The van der Waals surface area contributed by atoms with Crippen LogP contribution in [0.3, 0.4) is 0 Å². The van der Waals surface area contributed by atoms with E-state index in [-0.39, 0.29) is 12.3 Å². The summed E-state index contributed by atoms with van der Waals surface area (Å²) in [5, 5.41) is 2.54. The normalized spacial score (nSPS) is 17.2. The third-order valence-corrected chi connectivity index (χ3v) is 3.96. The zero-order valence-corrected chi connectivity index (χ0v) is 12.8. The van der Waals surface area contributed by atoms with Gasteiger partial charge in [-0.15, -0.1) is 0 Å². The van der Waals surface area contributed by atoms with Gasteiger partial charge >= 0.3 is 0 Å². The van der Waals surface area contributed by atoms with E-state index in [9.17, 15) is 18.4 Å². The fraction of sp³-hybridized carbons (Fsp3) is 0.222. The van der Waals surface area contributed by atoms with Crippen molar-refractivity contribution in [1.82, 2.24) is 10.2 Å². The van der Waals surface area contributed by atoms with Gasteiger partial charge in [-0.1, -0.05) is 36.4 Å². The molecule has 3 rings (SSSR count). The van der Waals surface area contributed by atoms with Gasteiger partial charge in [0.2, 0.25) is 5.91 Å². The van der Waals surface area contributed by atoms with Crippen molar-refractivity contribution in [2.45, 2.75) is 19.0 Å². The quantitative estimate of drug-likeness (QED) is 0.936. The maximum Gasteiger partial charge on any atom is 0.257 e. The maximum absolute atomic E-state index is 13.6. The summed E-state index contributed by atoms with van der Waals surface area (Å²) < 4.78 is 27.3. The van der Waals surface area contributed by atoms with Gasteiger partial charge < -0.3 is 10.2 Å². The number of hydrogen-bond donors (Lipinski definition) is 1. The summed E-state index contributed by atoms with van der Waals surface area (Å²) in [4.78, 5) is 25.8. The van der Waals surface area contributed by atoms with Crippen molar-refractivity contribution in [2.24, 2.45) is 0 Å². The number of nitrogens with one attached hydrogen (secondary N) is 1. The topological polar surface area (TPSA) is 49.4 Å². The van der Waals surface area contributed by atoms with Crippen LogP contribution in [0.2, 0.25) is 0 Å². The highest BCUT2D eigenvalue weighted by Crippen LogP contribution is 2.17. The first-order valence-corrected chi connectivity index (χ1v) is 7.61. The molecule has 1 heterocycles. The average Bonchev–Trinajstić information content (AvgIpc) is 2.87. The summed E-state index contributed by atoms with van der Waals surface area (Å²) in [7, 11) is 0. The molecule has 1 saturated heterocycles. The Kier molecular flexibility index (Phi) is 4.55. The molecule has 1 fully saturated rings. The van der Waals surface area contributed by atoms with E-state index in [1.54, 1.807) is 4.90 Å². The third-order valence-electron chi connectivity index (χ3n) is 3.96. The monoisotopic (exact) mass is 330 g/mol. The number of amides is 2. The van der Waals surface area contributed by atoms with Crippen LogP contribution in [-0.2, 0) is 11.3 Å². The highest BCUT2D eigenvalue weighted by atomic mass is 19.1. The first-order valence-electron chi connectivity index (χ1n) is 7.61. The molecule has 0 saturated carbocycles. The van der Waals surface area contributed by atoms with Crippen LogP contribution in [0.1, 0.15) is 22.3 Å². The number of likely N-dealkylation sites (tertiary alicyclic amines) is 1. The van der Waals surface area contributed by atoms with Crippen molar-refractivity contribution >= 4 is 11.8 Å². The first kappa shape index (κ1) is 16.1. The third kappa shape index (κ3) is 3.42. The minimum Gasteiger partial charge on any atom is -0.347 e. The van der Waals surface area contributed by atoms with Crippen molar-refractivity contribution in [1.29, 1.82) is 0 Å². The summed E-state index contributed by atoms with van der Waals surface area (Å²) in [6.45, 7) is 0.760. The number of hydrogen-bond acceptors (Lipinski definition) is 2. The van der Waals surface area contributed by atoms with E-state index in [0.29, 0.717) is 13.1 Å². The van der Waals surface area contributed by atoms with Crippen LogP contribution in [0.15, 0.2) is 48.5 Å². The molecule has 0 aromatic heterocycles. The fourth-order valence-electron chi connectivity index (χ4n) is 2.80. The van der Waals surface area contributed by atoms with Crippen LogP contribution < -0.4 is 5.32 Å². The van der Waals surface area contributed by atoms with E-state index >= 15 is 0 Å². The number of halogens is 2. The molecule has 0 spiro atoms. The molecule has 1 atom stereocenters. The lowest BCUT2D eigenvalue weighted by molar-refractivity contribution is -0.128. The van der Waals surface area contributed by atoms with Gasteiger partial charge in [-0.05, 0) is 17.7 Å². The molecule has 1 aliphatic rings. The molecule has 2 aromatic rings. The Labute approximate surface area is 138 Å². The minimum absolute atomic E-state index is 0.0989. The van der Waals surface area contributed by atoms with Crippen molar-refractivity contribution in [3.63, 3.8) is 0 Å². The Morgan fingerprint density at radius 1 is 1.08 bits per heavy atom. The Morgan fingerprint density at radius 2 is 1.75 bits per heavy atom. The average molecular weight is 330 g/mol. The second-order valence-electron chi connectivity index (χ2n) is 5.73. The van der Waals surface area contributed by atoms with Gasteiger partial charge in [-0.2, -0.15) is 0 Å². The summed E-state index contributed by atoms with van der Waals surface area (Å²) in [5.74, 6) is -2.78. The lowest BCUT2D eigenvalue weighted by atomic mass is 10.1. The van der Waals surface area contributed by atoms with Crippen molar-refractivity contribution < 1.29 is 18.4 Å². The van der Waals surface area contributed by atoms with Crippen LogP contribution in [0.5, 0.6) is 0 Å². The van der Waals surface area contributed by atoms with Crippen LogP contribution in [0.25, 0.3) is 0 Å². The Hall–Kier alpha value is -2.76. The van der Waals surface area contributed by atoms with E-state index in [1.165, 1.54) is 6.07 Å². The van der Waals surface area contributed by atoms with Gasteiger partial charge in [-0.3, -0.25) is 9.59 Å². The van der Waals surface area contributed by atoms with Crippen LogP contribution in [0.4, 0.5) is 8.78 Å². The Morgan fingerprint density at radius 3 is 2.42 bits per heavy atom. The van der Waals surface area contributed by atoms with Crippen LogP contribution >= 0.6 is 0 Å². The van der Waals surface area contributed by atoms with Crippen molar-refractivity contribution in [3.8, 4) is 0 Å². The molecule has 2 amide bonds. The SMILES string of the molecule is O=C(N[C@H]1CC(=O)N(Cc2ccccc2)C1)c1c(F)cccc1F. The number of benzene rings is 2. The molecule has 2 aromatic carbocycles. The summed E-state index contributed by atoms with van der Waals surface area (Å²) >= 11 is 0. The molecular weight excluding hydrogens is 314 g/mol. The van der Waals surface area contributed by atoms with Crippen LogP contribution in [0, 0.1) is 11.6 Å². The fourth-order valence-corrected chi connectivity index (χ4v) is 2.80. The Balaban J connectivity index is 1.65. The number of rotatable bonds is 4. The maximum atomic E-state index is 13.6. The van der Waals surface area contributed by atoms with Gasteiger partial charge in [0.05, 0.1) is 6.04 Å². The molecule has 1 aliphatic heterocycles. The van der Waals surface area contributed by atoms with Gasteiger partial charge in [-0.25, -0.2) is 8.78 Å². The minimum atomic E-state index is -0.919. The lowest BCUT2D eigenvalue weighted by Crippen LogP contribution is -2.37. The standard InChI is InChI=1S/C18H16F2N2O2/c19-14-7-4-8-15(20)17(14)18(24)21-13-9-16(23)22(11-13)10-12-5-2-1-3-6-12/h1-8,13H,9-11H2,(H,21,24)/t13-/m0/s1. The van der Waals surface area contributed by atoms with E-state index in [2.05, 4.69) is 5.32 Å². The summed E-state index contributed by atoms with van der Waals surface area (Å²) in [5.41, 5.74) is 0.365. The zero-order valence-electron chi connectivity index (χ0n) is 12.8. The second kappa shape index (κ2) is 6.78. The number of carbonyl (C=O) groups is 2. The van der Waals surface area contributed by atoms with E-state index in [1.807, 2.05) is 30.3 Å². The van der Waals surface area contributed by atoms with Gasteiger partial charge in [0.25, 0.3) is 5.91 Å².